The van der Waals surface area contributed by atoms with E-state index in [1.54, 1.807) is 17.1 Å². The third-order valence-electron chi connectivity index (χ3n) is 3.27. The number of hydrogen-bond donors (Lipinski definition) is 0. The molecule has 0 amide bonds. The standard InChI is InChI=1S/C16H13F2N3/c1-11-5-16(12-6-14(17)8-15(18)7-12)19-9-13(11)10-21-4-2-3-20-21/h2-9H,10H2,1H3. The summed E-state index contributed by atoms with van der Waals surface area (Å²) < 4.78 is 28.3. The molecule has 0 unspecified atom stereocenters. The van der Waals surface area contributed by atoms with Crippen molar-refractivity contribution in [1.82, 2.24) is 14.8 Å². The van der Waals surface area contributed by atoms with Crippen LogP contribution in [0.4, 0.5) is 8.78 Å². The Balaban J connectivity index is 1.93. The second-order valence-corrected chi connectivity index (χ2v) is 4.86. The highest BCUT2D eigenvalue weighted by molar-refractivity contribution is 5.60. The van der Waals surface area contributed by atoms with Crippen molar-refractivity contribution in [2.45, 2.75) is 13.5 Å². The maximum Gasteiger partial charge on any atom is 0.126 e. The Hall–Kier alpha value is -2.56. The molecule has 0 atom stereocenters. The van der Waals surface area contributed by atoms with Gasteiger partial charge in [-0.3, -0.25) is 9.67 Å². The van der Waals surface area contributed by atoms with E-state index in [1.807, 2.05) is 25.3 Å². The Morgan fingerprint density at radius 3 is 2.48 bits per heavy atom. The van der Waals surface area contributed by atoms with Crippen LogP contribution in [0.25, 0.3) is 11.3 Å². The van der Waals surface area contributed by atoms with E-state index in [9.17, 15) is 8.78 Å². The van der Waals surface area contributed by atoms with E-state index < -0.39 is 11.6 Å². The van der Waals surface area contributed by atoms with Gasteiger partial charge in [0.05, 0.1) is 12.2 Å². The molecule has 2 aromatic heterocycles. The summed E-state index contributed by atoms with van der Waals surface area (Å²) in [5.74, 6) is -1.21. The number of aryl methyl sites for hydroxylation is 1. The average Bonchev–Trinajstić information content (AvgIpc) is 2.93. The first-order chi connectivity index (χ1) is 10.1. The highest BCUT2D eigenvalue weighted by atomic mass is 19.1. The first kappa shape index (κ1) is 13.4. The SMILES string of the molecule is Cc1cc(-c2cc(F)cc(F)c2)ncc1Cn1cccn1. The lowest BCUT2D eigenvalue weighted by Crippen LogP contribution is -2.03. The summed E-state index contributed by atoms with van der Waals surface area (Å²) in [6.45, 7) is 2.56. The van der Waals surface area contributed by atoms with Gasteiger partial charge in [0.25, 0.3) is 0 Å². The third-order valence-corrected chi connectivity index (χ3v) is 3.27. The highest BCUT2D eigenvalue weighted by Crippen LogP contribution is 2.22. The summed E-state index contributed by atoms with van der Waals surface area (Å²) in [6, 6.07) is 7.08. The van der Waals surface area contributed by atoms with Gasteiger partial charge in [-0.15, -0.1) is 0 Å². The molecule has 0 saturated heterocycles. The monoisotopic (exact) mass is 285 g/mol. The van der Waals surface area contributed by atoms with Crippen LogP contribution < -0.4 is 0 Å². The van der Waals surface area contributed by atoms with Crippen LogP contribution in [-0.2, 0) is 6.54 Å². The predicted molar refractivity (Wildman–Crippen MR) is 75.7 cm³/mol. The van der Waals surface area contributed by atoms with E-state index >= 15 is 0 Å². The number of rotatable bonds is 3. The van der Waals surface area contributed by atoms with Crippen LogP contribution in [-0.4, -0.2) is 14.8 Å². The van der Waals surface area contributed by atoms with Crippen LogP contribution in [0.15, 0.2) is 48.9 Å². The number of pyridine rings is 1. The maximum atomic E-state index is 13.3. The first-order valence-electron chi connectivity index (χ1n) is 6.51. The van der Waals surface area contributed by atoms with Crippen molar-refractivity contribution in [3.8, 4) is 11.3 Å². The second kappa shape index (κ2) is 5.44. The maximum absolute atomic E-state index is 13.3. The van der Waals surface area contributed by atoms with Crippen LogP contribution in [0.5, 0.6) is 0 Å². The van der Waals surface area contributed by atoms with E-state index in [2.05, 4.69) is 10.1 Å². The number of halogens is 2. The van der Waals surface area contributed by atoms with E-state index in [4.69, 9.17) is 0 Å². The summed E-state index contributed by atoms with van der Waals surface area (Å²) in [6.07, 6.45) is 5.30. The smallest absolute Gasteiger partial charge is 0.126 e. The van der Waals surface area contributed by atoms with Gasteiger partial charge in [-0.2, -0.15) is 5.10 Å². The molecule has 0 fully saturated rings. The largest absolute Gasteiger partial charge is 0.268 e. The zero-order valence-corrected chi connectivity index (χ0v) is 11.4. The van der Waals surface area contributed by atoms with E-state index in [1.165, 1.54) is 12.1 Å². The highest BCUT2D eigenvalue weighted by Gasteiger charge is 2.07. The zero-order chi connectivity index (χ0) is 14.8. The van der Waals surface area contributed by atoms with Crippen LogP contribution >= 0.6 is 0 Å². The minimum Gasteiger partial charge on any atom is -0.268 e. The van der Waals surface area contributed by atoms with Crippen molar-refractivity contribution in [1.29, 1.82) is 0 Å². The molecular weight excluding hydrogens is 272 g/mol. The molecule has 5 heteroatoms. The van der Waals surface area contributed by atoms with Gasteiger partial charge in [0.2, 0.25) is 0 Å². The molecule has 3 nitrogen and oxygen atoms in total. The van der Waals surface area contributed by atoms with Gasteiger partial charge < -0.3 is 0 Å². The Kier molecular flexibility index (Phi) is 3.48. The Morgan fingerprint density at radius 2 is 1.86 bits per heavy atom. The van der Waals surface area contributed by atoms with Gasteiger partial charge in [-0.05, 0) is 42.3 Å². The van der Waals surface area contributed by atoms with Crippen molar-refractivity contribution in [3.05, 3.63) is 71.7 Å². The fourth-order valence-electron chi connectivity index (χ4n) is 2.18. The molecular formula is C16H13F2N3. The quantitative estimate of drug-likeness (QED) is 0.736. The molecule has 0 aliphatic heterocycles. The molecule has 3 rings (SSSR count). The summed E-state index contributed by atoms with van der Waals surface area (Å²) in [4.78, 5) is 4.30. The number of nitrogens with zero attached hydrogens (tertiary/aromatic N) is 3. The number of aromatic nitrogens is 3. The van der Waals surface area contributed by atoms with Gasteiger partial charge in [0.15, 0.2) is 0 Å². The molecule has 0 bridgehead atoms. The Labute approximate surface area is 120 Å². The summed E-state index contributed by atoms with van der Waals surface area (Å²) in [5, 5.41) is 4.15. The lowest BCUT2D eigenvalue weighted by atomic mass is 10.1. The van der Waals surface area contributed by atoms with Gasteiger partial charge in [0.1, 0.15) is 11.6 Å². The molecule has 2 heterocycles. The summed E-state index contributed by atoms with van der Waals surface area (Å²) in [7, 11) is 0. The molecule has 1 aromatic carbocycles. The van der Waals surface area contributed by atoms with Crippen LogP contribution in [0.2, 0.25) is 0 Å². The lowest BCUT2D eigenvalue weighted by Gasteiger charge is -2.08. The lowest BCUT2D eigenvalue weighted by molar-refractivity contribution is 0.584. The van der Waals surface area contributed by atoms with E-state index in [-0.39, 0.29) is 0 Å². The second-order valence-electron chi connectivity index (χ2n) is 4.86. The van der Waals surface area contributed by atoms with Crippen LogP contribution in [0.3, 0.4) is 0 Å². The third kappa shape index (κ3) is 2.97. The van der Waals surface area contributed by atoms with Gasteiger partial charge in [-0.25, -0.2) is 8.78 Å². The van der Waals surface area contributed by atoms with Gasteiger partial charge >= 0.3 is 0 Å². The molecule has 106 valence electrons. The van der Waals surface area contributed by atoms with Crippen LogP contribution in [0, 0.1) is 18.6 Å². The number of hydrogen-bond acceptors (Lipinski definition) is 2. The Bertz CT molecular complexity index is 747. The van der Waals surface area contributed by atoms with Crippen LogP contribution in [0.1, 0.15) is 11.1 Å². The minimum absolute atomic E-state index is 0.432. The molecule has 0 saturated carbocycles. The molecule has 3 aromatic rings. The van der Waals surface area contributed by atoms with Crippen molar-refractivity contribution >= 4 is 0 Å². The fraction of sp³-hybridized carbons (Fsp3) is 0.125. The first-order valence-corrected chi connectivity index (χ1v) is 6.51. The van der Waals surface area contributed by atoms with Crippen molar-refractivity contribution < 1.29 is 8.78 Å². The van der Waals surface area contributed by atoms with Crippen molar-refractivity contribution in [2.75, 3.05) is 0 Å². The number of benzene rings is 1. The summed E-state index contributed by atoms with van der Waals surface area (Å²) in [5.41, 5.74) is 3.00. The zero-order valence-electron chi connectivity index (χ0n) is 11.4. The predicted octanol–water partition coefficient (Wildman–Crippen LogP) is 3.58. The molecule has 0 radical (unpaired) electrons. The molecule has 0 aliphatic carbocycles. The van der Waals surface area contributed by atoms with Crippen molar-refractivity contribution in [3.63, 3.8) is 0 Å². The molecule has 0 spiro atoms. The topological polar surface area (TPSA) is 30.7 Å². The summed E-state index contributed by atoms with van der Waals surface area (Å²) >= 11 is 0. The molecule has 0 aliphatic rings. The van der Waals surface area contributed by atoms with Gasteiger partial charge in [-0.1, -0.05) is 0 Å². The molecule has 0 N–H and O–H groups in total. The van der Waals surface area contributed by atoms with Gasteiger partial charge in [0, 0.05) is 30.2 Å². The van der Waals surface area contributed by atoms with Crippen molar-refractivity contribution in [2.24, 2.45) is 0 Å². The minimum atomic E-state index is -0.606. The molecule has 21 heavy (non-hydrogen) atoms. The average molecular weight is 285 g/mol. The fourth-order valence-corrected chi connectivity index (χ4v) is 2.18. The Morgan fingerprint density at radius 1 is 1.10 bits per heavy atom. The normalized spacial score (nSPS) is 10.8. The van der Waals surface area contributed by atoms with E-state index in [0.29, 0.717) is 17.8 Å². The van der Waals surface area contributed by atoms with E-state index in [0.717, 1.165) is 17.2 Å².